The minimum absolute atomic E-state index is 0.0971. The predicted octanol–water partition coefficient (Wildman–Crippen LogP) is 2.35. The van der Waals surface area contributed by atoms with Gasteiger partial charge in [0.25, 0.3) is 0 Å². The van der Waals surface area contributed by atoms with E-state index in [2.05, 4.69) is 5.32 Å². The minimum Gasteiger partial charge on any atom is -0.307 e. The third-order valence-electron chi connectivity index (χ3n) is 3.65. The van der Waals surface area contributed by atoms with Gasteiger partial charge in [0.15, 0.2) is 0 Å². The summed E-state index contributed by atoms with van der Waals surface area (Å²) in [6, 6.07) is 5.26. The van der Waals surface area contributed by atoms with Crippen LogP contribution in [-0.2, 0) is 12.0 Å². The lowest BCUT2D eigenvalue weighted by molar-refractivity contribution is 0.177. The molecule has 0 aromatic heterocycles. The molecule has 74 valence electrons. The Labute approximate surface area is 83.3 Å². The van der Waals surface area contributed by atoms with Crippen LogP contribution >= 0.6 is 0 Å². The molecule has 0 amide bonds. The van der Waals surface area contributed by atoms with Crippen LogP contribution in [0.3, 0.4) is 0 Å². The first-order chi connectivity index (χ1) is 6.80. The van der Waals surface area contributed by atoms with Gasteiger partial charge >= 0.3 is 0 Å². The largest absolute Gasteiger partial charge is 0.307 e. The van der Waals surface area contributed by atoms with Gasteiger partial charge in [0, 0.05) is 5.54 Å². The second kappa shape index (κ2) is 2.80. The molecule has 0 saturated carbocycles. The molecule has 1 spiro atoms. The summed E-state index contributed by atoms with van der Waals surface area (Å²) in [6.45, 7) is 1.11. The van der Waals surface area contributed by atoms with Crippen molar-refractivity contribution in [1.29, 1.82) is 0 Å². The van der Waals surface area contributed by atoms with Crippen LogP contribution in [0.15, 0.2) is 18.2 Å². The molecular formula is C12H14FN. The van der Waals surface area contributed by atoms with E-state index in [1.54, 1.807) is 12.1 Å². The number of benzene rings is 1. The van der Waals surface area contributed by atoms with Crippen molar-refractivity contribution in [3.8, 4) is 0 Å². The number of aryl methyl sites for hydroxylation is 1. The third kappa shape index (κ3) is 1.04. The SMILES string of the molecule is Fc1ccc2c(c1)CCC[C@]21CCN1. The molecule has 1 aliphatic heterocycles. The Morgan fingerprint density at radius 1 is 1.29 bits per heavy atom. The maximum Gasteiger partial charge on any atom is 0.123 e. The van der Waals surface area contributed by atoms with Crippen molar-refractivity contribution in [2.75, 3.05) is 6.54 Å². The summed E-state index contributed by atoms with van der Waals surface area (Å²) >= 11 is 0. The van der Waals surface area contributed by atoms with E-state index in [1.165, 1.54) is 30.4 Å². The van der Waals surface area contributed by atoms with Gasteiger partial charge in [-0.2, -0.15) is 0 Å². The number of hydrogen-bond donors (Lipinski definition) is 1. The molecule has 2 aliphatic rings. The lowest BCUT2D eigenvalue weighted by Gasteiger charge is -2.47. The van der Waals surface area contributed by atoms with E-state index >= 15 is 0 Å². The molecule has 3 rings (SSSR count). The molecule has 1 nitrogen and oxygen atoms in total. The zero-order valence-corrected chi connectivity index (χ0v) is 8.15. The smallest absolute Gasteiger partial charge is 0.123 e. The van der Waals surface area contributed by atoms with Gasteiger partial charge in [0.2, 0.25) is 0 Å². The third-order valence-corrected chi connectivity index (χ3v) is 3.65. The zero-order valence-electron chi connectivity index (χ0n) is 8.15. The first kappa shape index (κ1) is 8.42. The summed E-state index contributed by atoms with van der Waals surface area (Å²) in [7, 11) is 0. The van der Waals surface area contributed by atoms with E-state index in [0.29, 0.717) is 0 Å². The summed E-state index contributed by atoms with van der Waals surface area (Å²) in [5, 5.41) is 3.51. The maximum atomic E-state index is 13.0. The van der Waals surface area contributed by atoms with Crippen molar-refractivity contribution < 1.29 is 4.39 Å². The van der Waals surface area contributed by atoms with Gasteiger partial charge in [-0.05, 0) is 55.5 Å². The molecule has 14 heavy (non-hydrogen) atoms. The number of fused-ring (bicyclic) bond motifs is 2. The monoisotopic (exact) mass is 191 g/mol. The zero-order chi connectivity index (χ0) is 9.60. The van der Waals surface area contributed by atoms with Crippen LogP contribution in [-0.4, -0.2) is 6.54 Å². The van der Waals surface area contributed by atoms with Gasteiger partial charge in [-0.1, -0.05) is 6.07 Å². The second-order valence-corrected chi connectivity index (χ2v) is 4.41. The molecule has 1 fully saturated rings. The molecule has 0 radical (unpaired) electrons. The highest BCUT2D eigenvalue weighted by Crippen LogP contribution is 2.41. The second-order valence-electron chi connectivity index (χ2n) is 4.41. The van der Waals surface area contributed by atoms with Gasteiger partial charge in [0.05, 0.1) is 0 Å². The Morgan fingerprint density at radius 3 is 2.86 bits per heavy atom. The van der Waals surface area contributed by atoms with Crippen LogP contribution in [0, 0.1) is 5.82 Å². The molecule has 0 bridgehead atoms. The van der Waals surface area contributed by atoms with Crippen LogP contribution < -0.4 is 5.32 Å². The van der Waals surface area contributed by atoms with Gasteiger partial charge < -0.3 is 5.32 Å². The van der Waals surface area contributed by atoms with E-state index in [0.717, 1.165) is 13.0 Å². The highest BCUT2D eigenvalue weighted by Gasteiger charge is 2.41. The summed E-state index contributed by atoms with van der Waals surface area (Å²) in [4.78, 5) is 0. The van der Waals surface area contributed by atoms with Crippen molar-refractivity contribution in [2.45, 2.75) is 31.2 Å². The number of rotatable bonds is 0. The van der Waals surface area contributed by atoms with Gasteiger partial charge in [-0.25, -0.2) is 4.39 Å². The van der Waals surface area contributed by atoms with Crippen molar-refractivity contribution in [3.05, 3.63) is 35.1 Å². The summed E-state index contributed by atoms with van der Waals surface area (Å²) in [6.07, 6.45) is 4.65. The summed E-state index contributed by atoms with van der Waals surface area (Å²) in [5.74, 6) is -0.0971. The highest BCUT2D eigenvalue weighted by atomic mass is 19.1. The Hall–Kier alpha value is -0.890. The van der Waals surface area contributed by atoms with E-state index < -0.39 is 0 Å². The first-order valence-electron chi connectivity index (χ1n) is 5.34. The highest BCUT2D eigenvalue weighted by molar-refractivity contribution is 5.38. The van der Waals surface area contributed by atoms with Gasteiger partial charge in [0.1, 0.15) is 5.82 Å². The molecule has 1 heterocycles. The lowest BCUT2D eigenvalue weighted by Crippen LogP contribution is -2.55. The standard InChI is InChI=1S/C12H14FN/c13-10-3-4-11-9(8-10)2-1-5-12(11)6-7-14-12/h3-4,8,14H,1-2,5-7H2/t12-/m0/s1. The molecule has 1 saturated heterocycles. The minimum atomic E-state index is -0.0971. The van der Waals surface area contributed by atoms with E-state index in [1.807, 2.05) is 6.07 Å². The number of hydrogen-bond acceptors (Lipinski definition) is 1. The Bertz CT molecular complexity index is 369. The fourth-order valence-electron chi connectivity index (χ4n) is 2.82. The first-order valence-corrected chi connectivity index (χ1v) is 5.34. The van der Waals surface area contributed by atoms with Crippen molar-refractivity contribution in [2.24, 2.45) is 0 Å². The summed E-state index contributed by atoms with van der Waals surface area (Å²) in [5.41, 5.74) is 2.77. The fraction of sp³-hybridized carbons (Fsp3) is 0.500. The maximum absolute atomic E-state index is 13.0. The van der Waals surface area contributed by atoms with Crippen LogP contribution in [0.5, 0.6) is 0 Å². The van der Waals surface area contributed by atoms with Crippen molar-refractivity contribution in [1.82, 2.24) is 5.32 Å². The van der Waals surface area contributed by atoms with Crippen LogP contribution in [0.25, 0.3) is 0 Å². The van der Waals surface area contributed by atoms with Gasteiger partial charge in [-0.3, -0.25) is 0 Å². The van der Waals surface area contributed by atoms with Crippen molar-refractivity contribution >= 4 is 0 Å². The predicted molar refractivity (Wildman–Crippen MR) is 53.6 cm³/mol. The van der Waals surface area contributed by atoms with Crippen molar-refractivity contribution in [3.63, 3.8) is 0 Å². The van der Waals surface area contributed by atoms with E-state index in [9.17, 15) is 4.39 Å². The number of nitrogens with one attached hydrogen (secondary N) is 1. The Balaban J connectivity index is 2.10. The molecule has 1 N–H and O–H groups in total. The summed E-state index contributed by atoms with van der Waals surface area (Å²) < 4.78 is 13.0. The quantitative estimate of drug-likeness (QED) is 0.663. The average molecular weight is 191 g/mol. The van der Waals surface area contributed by atoms with Gasteiger partial charge in [-0.15, -0.1) is 0 Å². The Morgan fingerprint density at radius 2 is 2.14 bits per heavy atom. The lowest BCUT2D eigenvalue weighted by atomic mass is 9.71. The Kier molecular flexibility index (Phi) is 1.68. The fourth-order valence-corrected chi connectivity index (χ4v) is 2.82. The molecular weight excluding hydrogens is 177 g/mol. The van der Waals surface area contributed by atoms with E-state index in [-0.39, 0.29) is 11.4 Å². The molecule has 1 aromatic carbocycles. The molecule has 1 aliphatic carbocycles. The normalized spacial score (nSPS) is 29.8. The topological polar surface area (TPSA) is 12.0 Å². The average Bonchev–Trinajstić information content (AvgIpc) is 2.13. The van der Waals surface area contributed by atoms with E-state index in [4.69, 9.17) is 0 Å². The van der Waals surface area contributed by atoms with Crippen LogP contribution in [0.4, 0.5) is 4.39 Å². The molecule has 1 aromatic rings. The molecule has 1 atom stereocenters. The molecule has 2 heteroatoms. The van der Waals surface area contributed by atoms with Crippen LogP contribution in [0.1, 0.15) is 30.4 Å². The number of halogens is 1. The molecule has 0 unspecified atom stereocenters. The van der Waals surface area contributed by atoms with Crippen LogP contribution in [0.2, 0.25) is 0 Å².